The predicted octanol–water partition coefficient (Wildman–Crippen LogP) is 2.13. The fraction of sp³-hybridized carbons (Fsp3) is 0.263. The van der Waals surface area contributed by atoms with Crippen LogP contribution >= 0.6 is 0 Å². The first-order valence-electron chi connectivity index (χ1n) is 8.06. The van der Waals surface area contributed by atoms with E-state index in [1.807, 2.05) is 0 Å². The number of ether oxygens (including phenoxy) is 2. The van der Waals surface area contributed by atoms with E-state index in [1.54, 1.807) is 18.2 Å². The predicted molar refractivity (Wildman–Crippen MR) is 94.6 cm³/mol. The maximum absolute atomic E-state index is 13.5. The van der Waals surface area contributed by atoms with Crippen molar-refractivity contribution in [2.24, 2.45) is 0 Å². The molecule has 6 nitrogen and oxygen atoms in total. The standard InChI is InChI=1S/C19H20F2N2O4/c1-22-19(25)18(11-4-6-14(20)15(21)9-11)23-17(24)10-12-8-13(26-2)5-7-16(12)27-3/h4-9,18H,10H2,1-3H3,(H,22,25)(H,23,24). The largest absolute Gasteiger partial charge is 0.497 e. The van der Waals surface area contributed by atoms with Crippen molar-refractivity contribution in [3.05, 3.63) is 59.2 Å². The Morgan fingerprint density at radius 1 is 1.04 bits per heavy atom. The van der Waals surface area contributed by atoms with Crippen molar-refractivity contribution in [2.45, 2.75) is 12.5 Å². The number of hydrogen-bond donors (Lipinski definition) is 2. The summed E-state index contributed by atoms with van der Waals surface area (Å²) in [4.78, 5) is 24.6. The Hall–Kier alpha value is -3.16. The van der Waals surface area contributed by atoms with Crippen LogP contribution in [0.2, 0.25) is 0 Å². The molecule has 2 N–H and O–H groups in total. The lowest BCUT2D eigenvalue weighted by Gasteiger charge is -2.18. The first-order valence-corrected chi connectivity index (χ1v) is 8.06. The SMILES string of the molecule is CNC(=O)C(NC(=O)Cc1cc(OC)ccc1OC)c1ccc(F)c(F)c1. The van der Waals surface area contributed by atoms with Crippen LogP contribution in [0.25, 0.3) is 0 Å². The van der Waals surface area contributed by atoms with Gasteiger partial charge in [0.05, 0.1) is 20.6 Å². The number of likely N-dealkylation sites (N-methyl/N-ethyl adjacent to an activating group) is 1. The molecule has 27 heavy (non-hydrogen) atoms. The Kier molecular flexibility index (Phi) is 6.70. The lowest BCUT2D eigenvalue weighted by Crippen LogP contribution is -2.39. The van der Waals surface area contributed by atoms with Crippen LogP contribution in [-0.2, 0) is 16.0 Å². The highest BCUT2D eigenvalue weighted by Gasteiger charge is 2.23. The zero-order chi connectivity index (χ0) is 20.0. The van der Waals surface area contributed by atoms with E-state index in [0.717, 1.165) is 12.1 Å². The molecule has 0 bridgehead atoms. The average Bonchev–Trinajstić information content (AvgIpc) is 2.67. The summed E-state index contributed by atoms with van der Waals surface area (Å²) < 4.78 is 37.0. The third kappa shape index (κ3) is 4.93. The number of hydrogen-bond acceptors (Lipinski definition) is 4. The molecule has 2 amide bonds. The van der Waals surface area contributed by atoms with E-state index in [0.29, 0.717) is 17.1 Å². The third-order valence-electron chi connectivity index (χ3n) is 3.93. The number of benzene rings is 2. The molecular formula is C19H20F2N2O4. The molecule has 8 heteroatoms. The number of methoxy groups -OCH3 is 2. The van der Waals surface area contributed by atoms with Gasteiger partial charge in [-0.05, 0) is 35.9 Å². The van der Waals surface area contributed by atoms with Gasteiger partial charge in [0, 0.05) is 12.6 Å². The molecule has 0 fully saturated rings. The Labute approximate surface area is 155 Å². The summed E-state index contributed by atoms with van der Waals surface area (Å²) in [6.45, 7) is 0. The van der Waals surface area contributed by atoms with E-state index >= 15 is 0 Å². The molecule has 0 aliphatic heterocycles. The van der Waals surface area contributed by atoms with Crippen LogP contribution in [0.15, 0.2) is 36.4 Å². The van der Waals surface area contributed by atoms with Crippen LogP contribution in [-0.4, -0.2) is 33.1 Å². The van der Waals surface area contributed by atoms with E-state index in [9.17, 15) is 18.4 Å². The summed E-state index contributed by atoms with van der Waals surface area (Å²) in [5.74, 6) is -2.18. The van der Waals surface area contributed by atoms with Gasteiger partial charge in [-0.25, -0.2) is 8.78 Å². The normalized spacial score (nSPS) is 11.4. The van der Waals surface area contributed by atoms with Gasteiger partial charge in [-0.1, -0.05) is 6.07 Å². The minimum absolute atomic E-state index is 0.0997. The van der Waals surface area contributed by atoms with E-state index in [2.05, 4.69) is 10.6 Å². The van der Waals surface area contributed by atoms with Gasteiger partial charge < -0.3 is 20.1 Å². The molecule has 1 atom stereocenters. The fourth-order valence-electron chi connectivity index (χ4n) is 2.54. The minimum Gasteiger partial charge on any atom is -0.497 e. The first-order chi connectivity index (χ1) is 12.9. The van der Waals surface area contributed by atoms with E-state index < -0.39 is 29.5 Å². The molecule has 0 saturated heterocycles. The van der Waals surface area contributed by atoms with Crippen molar-refractivity contribution in [1.82, 2.24) is 10.6 Å². The van der Waals surface area contributed by atoms with Gasteiger partial charge in [-0.3, -0.25) is 9.59 Å². The minimum atomic E-state index is -1.17. The highest BCUT2D eigenvalue weighted by Crippen LogP contribution is 2.25. The number of nitrogens with one attached hydrogen (secondary N) is 2. The Morgan fingerprint density at radius 3 is 2.37 bits per heavy atom. The molecule has 0 aromatic heterocycles. The molecule has 0 heterocycles. The maximum atomic E-state index is 13.5. The zero-order valence-corrected chi connectivity index (χ0v) is 15.1. The highest BCUT2D eigenvalue weighted by molar-refractivity contribution is 5.89. The number of halogens is 2. The lowest BCUT2D eigenvalue weighted by molar-refractivity contribution is -0.128. The monoisotopic (exact) mass is 378 g/mol. The lowest BCUT2D eigenvalue weighted by atomic mass is 10.0. The summed E-state index contributed by atoms with van der Waals surface area (Å²) in [5, 5.41) is 4.92. The molecular weight excluding hydrogens is 358 g/mol. The Balaban J connectivity index is 2.24. The molecule has 2 rings (SSSR count). The molecule has 0 aliphatic carbocycles. The van der Waals surface area contributed by atoms with Crippen LogP contribution in [0.4, 0.5) is 8.78 Å². The van der Waals surface area contributed by atoms with E-state index in [1.165, 1.54) is 27.3 Å². The molecule has 2 aromatic carbocycles. The summed E-state index contributed by atoms with van der Waals surface area (Å²) in [7, 11) is 4.35. The van der Waals surface area contributed by atoms with Crippen LogP contribution in [0.5, 0.6) is 11.5 Å². The summed E-state index contributed by atoms with van der Waals surface area (Å²) in [6, 6.07) is 6.84. The van der Waals surface area contributed by atoms with Crippen LogP contribution < -0.4 is 20.1 Å². The average molecular weight is 378 g/mol. The molecule has 0 radical (unpaired) electrons. The highest BCUT2D eigenvalue weighted by atomic mass is 19.2. The van der Waals surface area contributed by atoms with Gasteiger partial charge in [0.25, 0.3) is 0 Å². The Bertz CT molecular complexity index is 842. The molecule has 0 aliphatic rings. The number of rotatable bonds is 7. The fourth-order valence-corrected chi connectivity index (χ4v) is 2.54. The van der Waals surface area contributed by atoms with E-state index in [-0.39, 0.29) is 12.0 Å². The molecule has 1 unspecified atom stereocenters. The van der Waals surface area contributed by atoms with Gasteiger partial charge in [0.1, 0.15) is 17.5 Å². The molecule has 0 spiro atoms. The smallest absolute Gasteiger partial charge is 0.246 e. The van der Waals surface area contributed by atoms with Crippen molar-refractivity contribution < 1.29 is 27.8 Å². The number of amides is 2. The van der Waals surface area contributed by atoms with Gasteiger partial charge in [-0.15, -0.1) is 0 Å². The third-order valence-corrected chi connectivity index (χ3v) is 3.93. The molecule has 144 valence electrons. The van der Waals surface area contributed by atoms with Crippen molar-refractivity contribution >= 4 is 11.8 Å². The van der Waals surface area contributed by atoms with Crippen molar-refractivity contribution in [2.75, 3.05) is 21.3 Å². The van der Waals surface area contributed by atoms with E-state index in [4.69, 9.17) is 9.47 Å². The molecule has 2 aromatic rings. The molecule has 0 saturated carbocycles. The second kappa shape index (κ2) is 8.98. The maximum Gasteiger partial charge on any atom is 0.246 e. The summed E-state index contributed by atoms with van der Waals surface area (Å²) >= 11 is 0. The number of carbonyl (C=O) groups excluding carboxylic acids is 2. The topological polar surface area (TPSA) is 76.7 Å². The van der Waals surface area contributed by atoms with Crippen LogP contribution in [0.1, 0.15) is 17.2 Å². The number of carbonyl (C=O) groups is 2. The van der Waals surface area contributed by atoms with Crippen molar-refractivity contribution in [1.29, 1.82) is 0 Å². The van der Waals surface area contributed by atoms with Gasteiger partial charge in [-0.2, -0.15) is 0 Å². The quantitative estimate of drug-likeness (QED) is 0.774. The van der Waals surface area contributed by atoms with Gasteiger partial charge >= 0.3 is 0 Å². The zero-order valence-electron chi connectivity index (χ0n) is 15.1. The van der Waals surface area contributed by atoms with Crippen molar-refractivity contribution in [3.63, 3.8) is 0 Å². The first kappa shape index (κ1) is 20.2. The summed E-state index contributed by atoms with van der Waals surface area (Å²) in [6.07, 6.45) is -0.0997. The van der Waals surface area contributed by atoms with Crippen LogP contribution in [0, 0.1) is 11.6 Å². The van der Waals surface area contributed by atoms with Gasteiger partial charge in [0.15, 0.2) is 11.6 Å². The van der Waals surface area contributed by atoms with Gasteiger partial charge in [0.2, 0.25) is 11.8 Å². The second-order valence-electron chi connectivity index (χ2n) is 5.64. The second-order valence-corrected chi connectivity index (χ2v) is 5.64. The van der Waals surface area contributed by atoms with Crippen LogP contribution in [0.3, 0.4) is 0 Å². The Morgan fingerprint density at radius 2 is 1.78 bits per heavy atom. The summed E-state index contributed by atoms with van der Waals surface area (Å²) in [5.41, 5.74) is 0.675. The van der Waals surface area contributed by atoms with Crippen molar-refractivity contribution in [3.8, 4) is 11.5 Å².